The van der Waals surface area contributed by atoms with Gasteiger partial charge in [0.25, 0.3) is 5.91 Å². The van der Waals surface area contributed by atoms with Crippen molar-refractivity contribution in [3.05, 3.63) is 59.0 Å². The molecule has 8 nitrogen and oxygen atoms in total. The van der Waals surface area contributed by atoms with Crippen LogP contribution in [-0.2, 0) is 18.4 Å². The maximum absolute atomic E-state index is 13.0. The Labute approximate surface area is 165 Å². The van der Waals surface area contributed by atoms with Gasteiger partial charge in [-0.05, 0) is 30.3 Å². The number of nitrogens with zero attached hydrogens (tertiary/aromatic N) is 5. The molecule has 142 valence electrons. The van der Waals surface area contributed by atoms with Gasteiger partial charge in [-0.15, -0.1) is 0 Å². The molecular formula is C19H17ClN6O2. The maximum atomic E-state index is 13.0. The summed E-state index contributed by atoms with van der Waals surface area (Å²) in [6.07, 6.45) is 3.19. The lowest BCUT2D eigenvalue weighted by Gasteiger charge is -2.19. The molecule has 0 unspecified atom stereocenters. The fourth-order valence-electron chi connectivity index (χ4n) is 3.10. The van der Waals surface area contributed by atoms with Gasteiger partial charge in [0.2, 0.25) is 0 Å². The highest BCUT2D eigenvalue weighted by Crippen LogP contribution is 2.28. The Morgan fingerprint density at radius 1 is 1.25 bits per heavy atom. The molecule has 1 aromatic carbocycles. The normalized spacial score (nSPS) is 11.2. The minimum absolute atomic E-state index is 0.186. The van der Waals surface area contributed by atoms with Crippen LogP contribution < -0.4 is 5.73 Å². The second-order valence-corrected chi connectivity index (χ2v) is 6.69. The van der Waals surface area contributed by atoms with Crippen LogP contribution in [0.5, 0.6) is 0 Å². The molecular weight excluding hydrogens is 380 g/mol. The topological polar surface area (TPSA) is 99.2 Å². The van der Waals surface area contributed by atoms with E-state index < -0.39 is 0 Å². The molecule has 0 bridgehead atoms. The van der Waals surface area contributed by atoms with E-state index in [1.807, 2.05) is 7.05 Å². The van der Waals surface area contributed by atoms with Gasteiger partial charge in [-0.3, -0.25) is 19.3 Å². The lowest BCUT2D eigenvalue weighted by atomic mass is 10.1. The number of carbonyl (C=O) groups is 1. The van der Waals surface area contributed by atoms with Gasteiger partial charge in [-0.25, -0.2) is 10.0 Å². The van der Waals surface area contributed by atoms with E-state index in [1.165, 1.54) is 18.4 Å². The summed E-state index contributed by atoms with van der Waals surface area (Å²) in [5.74, 6) is 0.107. The van der Waals surface area contributed by atoms with Crippen LogP contribution in [-0.4, -0.2) is 37.8 Å². The van der Waals surface area contributed by atoms with Gasteiger partial charge in [0.1, 0.15) is 5.82 Å². The van der Waals surface area contributed by atoms with Crippen molar-refractivity contribution >= 4 is 45.1 Å². The van der Waals surface area contributed by atoms with Gasteiger partial charge in [-0.2, -0.15) is 5.10 Å². The number of carbonyl (C=O) groups excluding carboxylic acids is 1. The van der Waals surface area contributed by atoms with Crippen LogP contribution in [0.3, 0.4) is 0 Å². The van der Waals surface area contributed by atoms with E-state index in [0.717, 1.165) is 16.3 Å². The molecule has 0 radical (unpaired) electrons. The van der Waals surface area contributed by atoms with E-state index in [4.69, 9.17) is 22.2 Å². The number of fused-ring (bicyclic) bond motifs is 3. The SMILES string of the molecule is CON(Cc1ccc(Cl)cn1)C(=O)c1ccc2nc(N)c3cnn(C)c3c2c1. The lowest BCUT2D eigenvalue weighted by molar-refractivity contribution is -0.102. The zero-order valence-electron chi connectivity index (χ0n) is 15.3. The van der Waals surface area contributed by atoms with E-state index in [1.54, 1.807) is 41.2 Å². The predicted octanol–water partition coefficient (Wildman–Crippen LogP) is 2.96. The molecule has 1 amide bonds. The average Bonchev–Trinajstić information content (AvgIpc) is 3.09. The number of rotatable bonds is 4. The third-order valence-corrected chi connectivity index (χ3v) is 4.72. The van der Waals surface area contributed by atoms with Crippen LogP contribution in [0.1, 0.15) is 16.1 Å². The van der Waals surface area contributed by atoms with Gasteiger partial charge in [0.05, 0.1) is 47.0 Å². The third-order valence-electron chi connectivity index (χ3n) is 4.50. The van der Waals surface area contributed by atoms with E-state index in [2.05, 4.69) is 15.1 Å². The quantitative estimate of drug-likeness (QED) is 0.532. The smallest absolute Gasteiger partial charge is 0.277 e. The first-order chi connectivity index (χ1) is 13.5. The highest BCUT2D eigenvalue weighted by Gasteiger charge is 2.19. The highest BCUT2D eigenvalue weighted by atomic mass is 35.5. The first-order valence-electron chi connectivity index (χ1n) is 8.45. The number of hydroxylamine groups is 2. The molecule has 28 heavy (non-hydrogen) atoms. The van der Waals surface area contributed by atoms with Gasteiger partial charge >= 0.3 is 0 Å². The van der Waals surface area contributed by atoms with Gasteiger partial charge in [-0.1, -0.05) is 11.6 Å². The molecule has 0 aliphatic rings. The monoisotopic (exact) mass is 396 g/mol. The maximum Gasteiger partial charge on any atom is 0.277 e. The minimum atomic E-state index is -0.298. The molecule has 0 spiro atoms. The van der Waals surface area contributed by atoms with Crippen molar-refractivity contribution in [2.75, 3.05) is 12.8 Å². The predicted molar refractivity (Wildman–Crippen MR) is 107 cm³/mol. The standard InChI is InChI=1S/C19H17ClN6O2/c1-25-17-14-7-11(3-6-16(14)24-18(21)15(17)9-23-25)19(27)26(28-2)10-13-5-4-12(20)8-22-13/h3-9H,10H2,1-2H3,(H2,21,24). The van der Waals surface area contributed by atoms with E-state index in [-0.39, 0.29) is 12.5 Å². The summed E-state index contributed by atoms with van der Waals surface area (Å²) in [4.78, 5) is 26.9. The summed E-state index contributed by atoms with van der Waals surface area (Å²) in [5.41, 5.74) is 8.64. The number of pyridine rings is 2. The first kappa shape index (κ1) is 18.1. The third kappa shape index (κ3) is 3.12. The van der Waals surface area contributed by atoms with E-state index in [0.29, 0.717) is 27.6 Å². The fourth-order valence-corrected chi connectivity index (χ4v) is 3.21. The fraction of sp³-hybridized carbons (Fsp3) is 0.158. The molecule has 0 aliphatic carbocycles. The zero-order chi connectivity index (χ0) is 19.8. The number of halogens is 1. The van der Waals surface area contributed by atoms with Crippen molar-refractivity contribution in [1.82, 2.24) is 24.8 Å². The number of aryl methyl sites for hydroxylation is 1. The average molecular weight is 397 g/mol. The zero-order valence-corrected chi connectivity index (χ0v) is 16.0. The molecule has 4 aromatic rings. The Balaban J connectivity index is 1.73. The number of benzene rings is 1. The van der Waals surface area contributed by atoms with Crippen LogP contribution >= 0.6 is 11.6 Å². The van der Waals surface area contributed by atoms with Crippen LogP contribution in [0, 0.1) is 0 Å². The summed E-state index contributed by atoms with van der Waals surface area (Å²) in [5, 5.41) is 7.55. The summed E-state index contributed by atoms with van der Waals surface area (Å²) in [6, 6.07) is 8.69. The van der Waals surface area contributed by atoms with Crippen LogP contribution in [0.2, 0.25) is 5.02 Å². The Hall–Kier alpha value is -3.23. The van der Waals surface area contributed by atoms with Crippen molar-refractivity contribution in [3.8, 4) is 0 Å². The van der Waals surface area contributed by atoms with Crippen LogP contribution in [0.25, 0.3) is 21.8 Å². The second kappa shape index (κ2) is 7.06. The number of nitrogens with two attached hydrogens (primary N) is 1. The van der Waals surface area contributed by atoms with Crippen molar-refractivity contribution in [3.63, 3.8) is 0 Å². The molecule has 4 rings (SSSR count). The number of nitrogen functional groups attached to an aromatic ring is 1. The molecule has 0 saturated carbocycles. The Morgan fingerprint density at radius 2 is 2.07 bits per heavy atom. The number of hydrogen-bond donors (Lipinski definition) is 1. The van der Waals surface area contributed by atoms with E-state index >= 15 is 0 Å². The van der Waals surface area contributed by atoms with E-state index in [9.17, 15) is 4.79 Å². The number of hydrogen-bond acceptors (Lipinski definition) is 6. The largest absolute Gasteiger partial charge is 0.383 e. The Kier molecular flexibility index (Phi) is 4.58. The van der Waals surface area contributed by atoms with Crippen molar-refractivity contribution in [1.29, 1.82) is 0 Å². The number of amides is 1. The number of anilines is 1. The van der Waals surface area contributed by atoms with Gasteiger partial charge in [0.15, 0.2) is 0 Å². The highest BCUT2D eigenvalue weighted by molar-refractivity contribution is 6.30. The molecule has 9 heteroatoms. The molecule has 0 aliphatic heterocycles. The molecule has 3 heterocycles. The van der Waals surface area contributed by atoms with Crippen LogP contribution in [0.15, 0.2) is 42.7 Å². The lowest BCUT2D eigenvalue weighted by Crippen LogP contribution is -2.29. The molecule has 3 aromatic heterocycles. The summed E-state index contributed by atoms with van der Waals surface area (Å²) in [6.45, 7) is 0.186. The number of aromatic nitrogens is 4. The minimum Gasteiger partial charge on any atom is -0.383 e. The van der Waals surface area contributed by atoms with Crippen molar-refractivity contribution in [2.24, 2.45) is 7.05 Å². The molecule has 0 saturated heterocycles. The molecule has 0 fully saturated rings. The Bertz CT molecular complexity index is 1190. The van der Waals surface area contributed by atoms with Gasteiger partial charge < -0.3 is 5.73 Å². The van der Waals surface area contributed by atoms with Crippen LogP contribution in [0.4, 0.5) is 5.82 Å². The molecule has 2 N–H and O–H groups in total. The van der Waals surface area contributed by atoms with Gasteiger partial charge in [0, 0.05) is 24.2 Å². The summed E-state index contributed by atoms with van der Waals surface area (Å²) >= 11 is 5.86. The summed E-state index contributed by atoms with van der Waals surface area (Å²) < 4.78 is 1.72. The van der Waals surface area contributed by atoms with Crippen molar-refractivity contribution in [2.45, 2.75) is 6.54 Å². The summed E-state index contributed by atoms with van der Waals surface area (Å²) in [7, 11) is 3.26. The molecule has 0 atom stereocenters. The van der Waals surface area contributed by atoms with Crippen molar-refractivity contribution < 1.29 is 9.63 Å². The Morgan fingerprint density at radius 3 is 2.79 bits per heavy atom. The first-order valence-corrected chi connectivity index (χ1v) is 8.83. The second-order valence-electron chi connectivity index (χ2n) is 6.25.